The summed E-state index contributed by atoms with van der Waals surface area (Å²) in [4.78, 5) is 9.98. The molecule has 1 aliphatic carbocycles. The van der Waals surface area contributed by atoms with Crippen molar-refractivity contribution in [3.05, 3.63) is 168 Å². The quantitative estimate of drug-likeness (QED) is 0.218. The first kappa shape index (κ1) is 24.0. The first-order valence-corrected chi connectivity index (χ1v) is 14.8. The van der Waals surface area contributed by atoms with Gasteiger partial charge in [-0.25, -0.2) is 0 Å². The third kappa shape index (κ3) is 3.65. The fourth-order valence-electron chi connectivity index (χ4n) is 6.98. The van der Waals surface area contributed by atoms with Gasteiger partial charge in [0.05, 0.1) is 28.8 Å². The zero-order valence-corrected chi connectivity index (χ0v) is 23.5. The number of pyridine rings is 1. The number of rotatable bonds is 4. The highest BCUT2D eigenvalue weighted by Crippen LogP contribution is 2.54. The molecule has 6 aromatic carbocycles. The summed E-state index contributed by atoms with van der Waals surface area (Å²) in [7, 11) is 0. The standard InChI is InChI=1S/C40H27N3/c1-4-14-30(15-5-1)42(31-16-6-2-7-17-31)33-24-28-22-23-29-25-36-34-20-10-12-27-13-11-21-35(37(27)34)40(36)43(32-18-8-3-9-19-32)39(29)38(28)41-26-33/h1-24,26H,25H2. The predicted octanol–water partition coefficient (Wildman–Crippen LogP) is 10.4. The maximum Gasteiger partial charge on any atom is 0.0947 e. The van der Waals surface area contributed by atoms with Crippen LogP contribution >= 0.6 is 0 Å². The van der Waals surface area contributed by atoms with Crippen LogP contribution in [0.5, 0.6) is 0 Å². The molecular weight excluding hydrogens is 522 g/mol. The van der Waals surface area contributed by atoms with Crippen LogP contribution in [0.2, 0.25) is 0 Å². The van der Waals surface area contributed by atoms with Gasteiger partial charge in [0.25, 0.3) is 0 Å². The summed E-state index contributed by atoms with van der Waals surface area (Å²) >= 11 is 0. The second-order valence-corrected chi connectivity index (χ2v) is 11.2. The fourth-order valence-corrected chi connectivity index (χ4v) is 6.98. The average Bonchev–Trinajstić information content (AvgIpc) is 3.40. The lowest BCUT2D eigenvalue weighted by Crippen LogP contribution is -2.22. The van der Waals surface area contributed by atoms with Crippen LogP contribution < -0.4 is 9.80 Å². The number of nitrogens with zero attached hydrogens (tertiary/aromatic N) is 3. The number of hydrogen-bond donors (Lipinski definition) is 0. The van der Waals surface area contributed by atoms with Crippen molar-refractivity contribution in [3.8, 4) is 0 Å². The Balaban J connectivity index is 1.27. The Hall–Kier alpha value is -5.67. The highest BCUT2D eigenvalue weighted by molar-refractivity contribution is 6.21. The number of aromatic nitrogens is 1. The van der Waals surface area contributed by atoms with Crippen molar-refractivity contribution in [2.75, 3.05) is 9.80 Å². The van der Waals surface area contributed by atoms with Crippen LogP contribution in [0, 0.1) is 0 Å². The third-order valence-corrected chi connectivity index (χ3v) is 8.78. The predicted molar refractivity (Wildman–Crippen MR) is 179 cm³/mol. The Bertz CT molecular complexity index is 2160. The van der Waals surface area contributed by atoms with E-state index in [2.05, 4.69) is 155 Å². The van der Waals surface area contributed by atoms with E-state index in [0.29, 0.717) is 0 Å². The van der Waals surface area contributed by atoms with Crippen LogP contribution in [-0.2, 0) is 6.42 Å². The van der Waals surface area contributed by atoms with Gasteiger partial charge in [0, 0.05) is 34.4 Å². The van der Waals surface area contributed by atoms with Crippen LogP contribution in [0.4, 0.5) is 28.4 Å². The number of para-hydroxylation sites is 3. The maximum absolute atomic E-state index is 5.25. The lowest BCUT2D eigenvalue weighted by atomic mass is 9.91. The van der Waals surface area contributed by atoms with Crippen molar-refractivity contribution >= 4 is 61.4 Å². The smallest absolute Gasteiger partial charge is 0.0947 e. The van der Waals surface area contributed by atoms with Gasteiger partial charge in [0.2, 0.25) is 0 Å². The molecule has 0 unspecified atom stereocenters. The fraction of sp³-hybridized carbons (Fsp3) is 0.0250. The molecule has 43 heavy (non-hydrogen) atoms. The van der Waals surface area contributed by atoms with E-state index in [1.807, 2.05) is 6.20 Å². The van der Waals surface area contributed by atoms with Gasteiger partial charge in [-0.1, -0.05) is 103 Å². The molecule has 0 fully saturated rings. The van der Waals surface area contributed by atoms with Gasteiger partial charge in [-0.05, 0) is 69.9 Å². The van der Waals surface area contributed by atoms with E-state index in [1.54, 1.807) is 0 Å². The van der Waals surface area contributed by atoms with E-state index in [1.165, 1.54) is 44.4 Å². The molecule has 2 aliphatic rings. The molecule has 1 aromatic heterocycles. The molecule has 3 heteroatoms. The molecule has 0 atom stereocenters. The van der Waals surface area contributed by atoms with Crippen molar-refractivity contribution in [2.24, 2.45) is 0 Å². The number of fused-ring (bicyclic) bond motifs is 5. The summed E-state index contributed by atoms with van der Waals surface area (Å²) in [5.41, 5.74) is 13.2. The molecular formula is C40H27N3. The van der Waals surface area contributed by atoms with Crippen molar-refractivity contribution < 1.29 is 0 Å². The van der Waals surface area contributed by atoms with Crippen molar-refractivity contribution in [2.45, 2.75) is 6.42 Å². The van der Waals surface area contributed by atoms with Gasteiger partial charge in [-0.15, -0.1) is 0 Å². The summed E-state index contributed by atoms with van der Waals surface area (Å²) < 4.78 is 0. The summed E-state index contributed by atoms with van der Waals surface area (Å²) in [6.07, 6.45) is 2.90. The second-order valence-electron chi connectivity index (χ2n) is 11.2. The molecule has 9 rings (SSSR count). The second kappa shape index (κ2) is 9.43. The molecule has 2 heterocycles. The molecule has 0 amide bonds. The summed E-state index contributed by atoms with van der Waals surface area (Å²) in [5, 5.41) is 3.76. The Labute approximate surface area is 250 Å². The summed E-state index contributed by atoms with van der Waals surface area (Å²) in [5.74, 6) is 0. The summed E-state index contributed by atoms with van der Waals surface area (Å²) in [6, 6.07) is 52.0. The van der Waals surface area contributed by atoms with Gasteiger partial charge in [0.1, 0.15) is 0 Å². The topological polar surface area (TPSA) is 19.4 Å². The number of anilines is 5. The van der Waals surface area contributed by atoms with E-state index in [4.69, 9.17) is 4.98 Å². The van der Waals surface area contributed by atoms with Crippen molar-refractivity contribution in [1.29, 1.82) is 0 Å². The van der Waals surface area contributed by atoms with Gasteiger partial charge in [-0.2, -0.15) is 0 Å². The average molecular weight is 550 g/mol. The monoisotopic (exact) mass is 549 g/mol. The molecule has 0 N–H and O–H groups in total. The zero-order chi connectivity index (χ0) is 28.3. The molecule has 3 nitrogen and oxygen atoms in total. The van der Waals surface area contributed by atoms with E-state index in [0.717, 1.165) is 40.1 Å². The Morgan fingerprint density at radius 2 is 1.21 bits per heavy atom. The lowest BCUT2D eigenvalue weighted by Gasteiger charge is -2.35. The minimum atomic E-state index is 0.876. The maximum atomic E-state index is 5.25. The third-order valence-electron chi connectivity index (χ3n) is 8.78. The highest BCUT2D eigenvalue weighted by atomic mass is 15.2. The van der Waals surface area contributed by atoms with Crippen LogP contribution in [0.3, 0.4) is 0 Å². The van der Waals surface area contributed by atoms with Crippen molar-refractivity contribution in [1.82, 2.24) is 4.98 Å². The molecule has 1 aliphatic heterocycles. The molecule has 0 saturated carbocycles. The summed E-state index contributed by atoms with van der Waals surface area (Å²) in [6.45, 7) is 0. The van der Waals surface area contributed by atoms with Gasteiger partial charge < -0.3 is 9.80 Å². The van der Waals surface area contributed by atoms with E-state index < -0.39 is 0 Å². The molecule has 7 aromatic rings. The van der Waals surface area contributed by atoms with Crippen LogP contribution in [0.25, 0.3) is 32.9 Å². The zero-order valence-electron chi connectivity index (χ0n) is 23.5. The Kier molecular flexibility index (Phi) is 5.26. The largest absolute Gasteiger partial charge is 0.309 e. The van der Waals surface area contributed by atoms with Crippen LogP contribution in [0.15, 0.2) is 152 Å². The van der Waals surface area contributed by atoms with Gasteiger partial charge in [-0.3, -0.25) is 4.98 Å². The minimum absolute atomic E-state index is 0.876. The van der Waals surface area contributed by atoms with E-state index in [-0.39, 0.29) is 0 Å². The Morgan fingerprint density at radius 1 is 0.558 bits per heavy atom. The molecule has 0 saturated heterocycles. The van der Waals surface area contributed by atoms with Gasteiger partial charge >= 0.3 is 0 Å². The van der Waals surface area contributed by atoms with E-state index in [9.17, 15) is 0 Å². The molecule has 202 valence electrons. The van der Waals surface area contributed by atoms with Gasteiger partial charge in [0.15, 0.2) is 0 Å². The number of allylic oxidation sites excluding steroid dienone is 1. The van der Waals surface area contributed by atoms with Crippen molar-refractivity contribution in [3.63, 3.8) is 0 Å². The Morgan fingerprint density at radius 3 is 1.91 bits per heavy atom. The minimum Gasteiger partial charge on any atom is -0.309 e. The number of benzene rings is 6. The van der Waals surface area contributed by atoms with Crippen LogP contribution in [-0.4, -0.2) is 4.98 Å². The first-order valence-electron chi connectivity index (χ1n) is 14.8. The molecule has 0 bridgehead atoms. The van der Waals surface area contributed by atoms with Crippen LogP contribution in [0.1, 0.15) is 16.7 Å². The lowest BCUT2D eigenvalue weighted by molar-refractivity contribution is 1.17. The molecule has 0 spiro atoms. The highest BCUT2D eigenvalue weighted by Gasteiger charge is 2.35. The molecule has 0 radical (unpaired) electrons. The number of hydrogen-bond acceptors (Lipinski definition) is 3. The first-order chi connectivity index (χ1) is 21.3. The normalized spacial score (nSPS) is 13.3. The SMILES string of the molecule is c1ccc(N2C3=C(Cc4ccc5cc(N(c6ccccc6)c6ccccc6)cnc5c42)c2cccc4cccc3c24)cc1. The van der Waals surface area contributed by atoms with E-state index >= 15 is 0 Å².